The minimum atomic E-state index is -0.294. The standard InChI is InChI=1S/C25H32N2O/c1-20(2)18-22-10-8-21(9-11-22)12-15-27-24(28)25(13-16-26-17-14-25)19-23-6-4-3-5-7-23/h3-11,26H,1,12-19H2,2H3,(H,27,28). The lowest BCUT2D eigenvalue weighted by Gasteiger charge is -2.36. The fourth-order valence-electron chi connectivity index (χ4n) is 4.06. The molecule has 3 rings (SSSR count). The molecule has 1 heterocycles. The first-order chi connectivity index (χ1) is 13.6. The minimum Gasteiger partial charge on any atom is -0.355 e. The van der Waals surface area contributed by atoms with Crippen LogP contribution in [0.4, 0.5) is 0 Å². The molecular weight excluding hydrogens is 344 g/mol. The topological polar surface area (TPSA) is 41.1 Å². The van der Waals surface area contributed by atoms with Crippen LogP contribution >= 0.6 is 0 Å². The molecule has 3 heteroatoms. The van der Waals surface area contributed by atoms with E-state index in [9.17, 15) is 4.79 Å². The zero-order valence-corrected chi connectivity index (χ0v) is 17.0. The van der Waals surface area contributed by atoms with Crippen LogP contribution in [0.5, 0.6) is 0 Å². The summed E-state index contributed by atoms with van der Waals surface area (Å²) in [5, 5.41) is 6.62. The number of carbonyl (C=O) groups is 1. The van der Waals surface area contributed by atoms with Gasteiger partial charge in [0.1, 0.15) is 0 Å². The maximum absolute atomic E-state index is 13.1. The summed E-state index contributed by atoms with van der Waals surface area (Å²) >= 11 is 0. The van der Waals surface area contributed by atoms with E-state index in [4.69, 9.17) is 0 Å². The predicted molar refractivity (Wildman–Crippen MR) is 116 cm³/mol. The summed E-state index contributed by atoms with van der Waals surface area (Å²) in [6, 6.07) is 19.0. The van der Waals surface area contributed by atoms with Gasteiger partial charge in [-0.1, -0.05) is 66.7 Å². The van der Waals surface area contributed by atoms with E-state index in [0.717, 1.165) is 45.2 Å². The molecule has 0 aromatic heterocycles. The van der Waals surface area contributed by atoms with Gasteiger partial charge in [0, 0.05) is 6.54 Å². The lowest BCUT2D eigenvalue weighted by molar-refractivity contribution is -0.132. The van der Waals surface area contributed by atoms with Gasteiger partial charge in [0.05, 0.1) is 5.41 Å². The SMILES string of the molecule is C=C(C)Cc1ccc(CCNC(=O)C2(Cc3ccccc3)CCNCC2)cc1. The van der Waals surface area contributed by atoms with Crippen molar-refractivity contribution >= 4 is 5.91 Å². The number of amides is 1. The Labute approximate surface area is 169 Å². The second-order valence-electron chi connectivity index (χ2n) is 8.15. The highest BCUT2D eigenvalue weighted by Crippen LogP contribution is 2.33. The molecule has 2 N–H and O–H groups in total. The average molecular weight is 377 g/mol. The molecule has 148 valence electrons. The first kappa shape index (κ1) is 20.3. The molecule has 0 aliphatic carbocycles. The average Bonchev–Trinajstić information content (AvgIpc) is 2.70. The first-order valence-electron chi connectivity index (χ1n) is 10.3. The Kier molecular flexibility index (Phi) is 7.05. The Morgan fingerprint density at radius 2 is 1.64 bits per heavy atom. The van der Waals surface area contributed by atoms with Crippen molar-refractivity contribution in [3.63, 3.8) is 0 Å². The molecule has 2 aromatic rings. The lowest BCUT2D eigenvalue weighted by Crippen LogP contribution is -2.49. The van der Waals surface area contributed by atoms with Gasteiger partial charge < -0.3 is 10.6 Å². The maximum Gasteiger partial charge on any atom is 0.226 e. The zero-order valence-electron chi connectivity index (χ0n) is 17.0. The summed E-state index contributed by atoms with van der Waals surface area (Å²) in [5.41, 5.74) is 4.67. The van der Waals surface area contributed by atoms with Crippen LogP contribution in [0.3, 0.4) is 0 Å². The van der Waals surface area contributed by atoms with Crippen LogP contribution in [0.15, 0.2) is 66.7 Å². The van der Waals surface area contributed by atoms with Gasteiger partial charge in [-0.2, -0.15) is 0 Å². The molecule has 2 aromatic carbocycles. The predicted octanol–water partition coefficient (Wildman–Crippen LogP) is 4.08. The third-order valence-corrected chi connectivity index (χ3v) is 5.66. The van der Waals surface area contributed by atoms with Crippen molar-refractivity contribution in [2.45, 2.75) is 39.0 Å². The van der Waals surface area contributed by atoms with Crippen LogP contribution in [-0.2, 0) is 24.1 Å². The fraction of sp³-hybridized carbons (Fsp3) is 0.400. The Morgan fingerprint density at radius 3 is 2.29 bits per heavy atom. The number of hydrogen-bond acceptors (Lipinski definition) is 2. The maximum atomic E-state index is 13.1. The van der Waals surface area contributed by atoms with Crippen molar-refractivity contribution in [1.82, 2.24) is 10.6 Å². The van der Waals surface area contributed by atoms with Crippen molar-refractivity contribution in [3.8, 4) is 0 Å². The molecule has 0 spiro atoms. The van der Waals surface area contributed by atoms with E-state index in [1.165, 1.54) is 22.3 Å². The number of rotatable bonds is 8. The summed E-state index contributed by atoms with van der Waals surface area (Å²) in [6.45, 7) is 8.52. The van der Waals surface area contributed by atoms with Crippen molar-refractivity contribution in [3.05, 3.63) is 83.4 Å². The van der Waals surface area contributed by atoms with Crippen molar-refractivity contribution < 1.29 is 4.79 Å². The largest absolute Gasteiger partial charge is 0.355 e. The van der Waals surface area contributed by atoms with Crippen LogP contribution < -0.4 is 10.6 Å². The normalized spacial score (nSPS) is 15.8. The second kappa shape index (κ2) is 9.70. The van der Waals surface area contributed by atoms with E-state index in [-0.39, 0.29) is 11.3 Å². The van der Waals surface area contributed by atoms with Crippen molar-refractivity contribution in [1.29, 1.82) is 0 Å². The van der Waals surface area contributed by atoms with Crippen LogP contribution in [-0.4, -0.2) is 25.5 Å². The number of piperidine rings is 1. The Hall–Kier alpha value is -2.39. The monoisotopic (exact) mass is 376 g/mol. The van der Waals surface area contributed by atoms with Crippen LogP contribution in [0.25, 0.3) is 0 Å². The summed E-state index contributed by atoms with van der Waals surface area (Å²) < 4.78 is 0. The molecule has 28 heavy (non-hydrogen) atoms. The smallest absolute Gasteiger partial charge is 0.226 e. The third kappa shape index (κ3) is 5.56. The summed E-state index contributed by atoms with van der Waals surface area (Å²) in [4.78, 5) is 13.1. The Balaban J connectivity index is 1.57. The van der Waals surface area contributed by atoms with E-state index < -0.39 is 0 Å². The van der Waals surface area contributed by atoms with Crippen LogP contribution in [0, 0.1) is 5.41 Å². The van der Waals surface area contributed by atoms with Gasteiger partial charge in [0.25, 0.3) is 0 Å². The molecule has 0 unspecified atom stereocenters. The first-order valence-corrected chi connectivity index (χ1v) is 10.3. The molecular formula is C25H32N2O. The Bertz CT molecular complexity index is 774. The minimum absolute atomic E-state index is 0.205. The highest BCUT2D eigenvalue weighted by Gasteiger charge is 2.39. The highest BCUT2D eigenvalue weighted by atomic mass is 16.2. The molecule has 1 aliphatic heterocycles. The lowest BCUT2D eigenvalue weighted by atomic mass is 9.73. The van der Waals surface area contributed by atoms with Gasteiger partial charge in [0.15, 0.2) is 0 Å². The molecule has 0 saturated carbocycles. The number of carbonyl (C=O) groups excluding carboxylic acids is 1. The Morgan fingerprint density at radius 1 is 1.00 bits per heavy atom. The zero-order chi connectivity index (χ0) is 19.8. The quantitative estimate of drug-likeness (QED) is 0.682. The fourth-order valence-corrected chi connectivity index (χ4v) is 4.06. The molecule has 0 radical (unpaired) electrons. The van der Waals surface area contributed by atoms with Crippen LogP contribution in [0.2, 0.25) is 0 Å². The molecule has 0 bridgehead atoms. The van der Waals surface area contributed by atoms with Gasteiger partial charge in [-0.3, -0.25) is 4.79 Å². The van der Waals surface area contributed by atoms with Crippen molar-refractivity contribution in [2.75, 3.05) is 19.6 Å². The molecule has 0 atom stereocenters. The van der Waals surface area contributed by atoms with E-state index in [1.807, 2.05) is 6.07 Å². The molecule has 3 nitrogen and oxygen atoms in total. The van der Waals surface area contributed by atoms with E-state index >= 15 is 0 Å². The van der Waals surface area contributed by atoms with E-state index in [0.29, 0.717) is 6.54 Å². The molecule has 1 aliphatic rings. The van der Waals surface area contributed by atoms with Gasteiger partial charge in [0.2, 0.25) is 5.91 Å². The number of allylic oxidation sites excluding steroid dienone is 1. The van der Waals surface area contributed by atoms with Gasteiger partial charge in [-0.25, -0.2) is 0 Å². The van der Waals surface area contributed by atoms with Crippen LogP contribution in [0.1, 0.15) is 36.5 Å². The summed E-state index contributed by atoms with van der Waals surface area (Å²) in [5.74, 6) is 0.205. The molecule has 1 fully saturated rings. The summed E-state index contributed by atoms with van der Waals surface area (Å²) in [7, 11) is 0. The molecule has 1 saturated heterocycles. The molecule has 1 amide bonds. The number of hydrogen-bond donors (Lipinski definition) is 2. The third-order valence-electron chi connectivity index (χ3n) is 5.66. The number of benzene rings is 2. The second-order valence-corrected chi connectivity index (χ2v) is 8.15. The van der Waals surface area contributed by atoms with E-state index in [2.05, 4.69) is 72.7 Å². The van der Waals surface area contributed by atoms with Gasteiger partial charge in [-0.15, -0.1) is 0 Å². The van der Waals surface area contributed by atoms with Gasteiger partial charge >= 0.3 is 0 Å². The van der Waals surface area contributed by atoms with Gasteiger partial charge in [-0.05, 0) is 68.8 Å². The summed E-state index contributed by atoms with van der Waals surface area (Å²) in [6.07, 6.45) is 4.38. The highest BCUT2D eigenvalue weighted by molar-refractivity contribution is 5.83. The van der Waals surface area contributed by atoms with E-state index in [1.54, 1.807) is 0 Å². The van der Waals surface area contributed by atoms with Crippen molar-refractivity contribution in [2.24, 2.45) is 5.41 Å². The number of nitrogens with one attached hydrogen (secondary N) is 2.